The lowest BCUT2D eigenvalue weighted by Gasteiger charge is -2.21. The number of aryl methyl sites for hydroxylation is 1. The molecule has 2 N–H and O–H groups in total. The van der Waals surface area contributed by atoms with Gasteiger partial charge in [0, 0.05) is 13.1 Å². The molecule has 2 nitrogen and oxygen atoms in total. The Morgan fingerprint density at radius 2 is 2.12 bits per heavy atom. The first-order valence-corrected chi connectivity index (χ1v) is 6.56. The van der Waals surface area contributed by atoms with Gasteiger partial charge in [-0.1, -0.05) is 36.8 Å². The molecule has 0 aliphatic carbocycles. The number of benzene rings is 1. The Bertz CT molecular complexity index is 322. The van der Waals surface area contributed by atoms with Gasteiger partial charge in [0.25, 0.3) is 0 Å². The highest BCUT2D eigenvalue weighted by Crippen LogP contribution is 2.07. The molecule has 1 aromatic carbocycles. The SMILES string of the molecule is Cc1cccc(CCN(C)CC(C)CCN)c1. The zero-order chi connectivity index (χ0) is 12.7. The summed E-state index contributed by atoms with van der Waals surface area (Å²) in [5.41, 5.74) is 8.35. The molecule has 0 saturated heterocycles. The monoisotopic (exact) mass is 234 g/mol. The van der Waals surface area contributed by atoms with Crippen LogP contribution in [0.1, 0.15) is 24.5 Å². The average Bonchev–Trinajstić information content (AvgIpc) is 2.27. The van der Waals surface area contributed by atoms with Crippen molar-refractivity contribution in [3.05, 3.63) is 35.4 Å². The van der Waals surface area contributed by atoms with Crippen molar-refractivity contribution in [1.29, 1.82) is 0 Å². The third-order valence-electron chi connectivity index (χ3n) is 3.15. The van der Waals surface area contributed by atoms with Crippen molar-refractivity contribution in [3.8, 4) is 0 Å². The fourth-order valence-corrected chi connectivity index (χ4v) is 2.19. The normalized spacial score (nSPS) is 13.0. The van der Waals surface area contributed by atoms with Crippen molar-refractivity contribution < 1.29 is 0 Å². The summed E-state index contributed by atoms with van der Waals surface area (Å²) in [5.74, 6) is 0.697. The maximum absolute atomic E-state index is 5.57. The second kappa shape index (κ2) is 7.46. The second-order valence-corrected chi connectivity index (χ2v) is 5.18. The lowest BCUT2D eigenvalue weighted by atomic mass is 10.1. The number of rotatable bonds is 7. The maximum atomic E-state index is 5.57. The van der Waals surface area contributed by atoms with Crippen LogP contribution in [-0.4, -0.2) is 31.6 Å². The summed E-state index contributed by atoms with van der Waals surface area (Å²) in [4.78, 5) is 2.41. The van der Waals surface area contributed by atoms with Crippen LogP contribution in [0.3, 0.4) is 0 Å². The van der Waals surface area contributed by atoms with Crippen molar-refractivity contribution in [3.63, 3.8) is 0 Å². The van der Waals surface area contributed by atoms with E-state index >= 15 is 0 Å². The standard InChI is InChI=1S/C15H26N2/c1-13-5-4-6-15(11-13)8-10-17(3)12-14(2)7-9-16/h4-6,11,14H,7-10,12,16H2,1-3H3. The highest BCUT2D eigenvalue weighted by Gasteiger charge is 2.05. The predicted octanol–water partition coefficient (Wildman–Crippen LogP) is 2.45. The van der Waals surface area contributed by atoms with Crippen LogP contribution in [0.5, 0.6) is 0 Å². The molecule has 0 bridgehead atoms. The van der Waals surface area contributed by atoms with E-state index in [0.29, 0.717) is 5.92 Å². The second-order valence-electron chi connectivity index (χ2n) is 5.18. The molecule has 0 aliphatic rings. The van der Waals surface area contributed by atoms with Crippen molar-refractivity contribution in [2.75, 3.05) is 26.7 Å². The van der Waals surface area contributed by atoms with Crippen molar-refractivity contribution in [2.45, 2.75) is 26.7 Å². The summed E-state index contributed by atoms with van der Waals surface area (Å²) in [5, 5.41) is 0. The lowest BCUT2D eigenvalue weighted by molar-refractivity contribution is 0.283. The van der Waals surface area contributed by atoms with Crippen LogP contribution in [0.4, 0.5) is 0 Å². The molecule has 0 aliphatic heterocycles. The molecule has 1 aromatic rings. The van der Waals surface area contributed by atoms with E-state index in [9.17, 15) is 0 Å². The van der Waals surface area contributed by atoms with Gasteiger partial charge in [-0.15, -0.1) is 0 Å². The van der Waals surface area contributed by atoms with Crippen LogP contribution < -0.4 is 5.73 Å². The molecule has 0 spiro atoms. The molecule has 1 rings (SSSR count). The molecule has 0 saturated carbocycles. The first kappa shape index (κ1) is 14.2. The summed E-state index contributed by atoms with van der Waals surface area (Å²) in [6.07, 6.45) is 2.25. The van der Waals surface area contributed by atoms with E-state index in [4.69, 9.17) is 5.73 Å². The Morgan fingerprint density at radius 3 is 2.76 bits per heavy atom. The van der Waals surface area contributed by atoms with Gasteiger partial charge in [0.2, 0.25) is 0 Å². The minimum Gasteiger partial charge on any atom is -0.330 e. The average molecular weight is 234 g/mol. The minimum atomic E-state index is 0.697. The number of nitrogens with zero attached hydrogens (tertiary/aromatic N) is 1. The third-order valence-corrected chi connectivity index (χ3v) is 3.15. The van der Waals surface area contributed by atoms with Gasteiger partial charge in [0.05, 0.1) is 0 Å². The van der Waals surface area contributed by atoms with E-state index in [1.165, 1.54) is 11.1 Å². The van der Waals surface area contributed by atoms with Crippen LogP contribution in [0, 0.1) is 12.8 Å². The van der Waals surface area contributed by atoms with Gasteiger partial charge < -0.3 is 10.6 Å². The van der Waals surface area contributed by atoms with Crippen LogP contribution in [0.2, 0.25) is 0 Å². The zero-order valence-corrected chi connectivity index (χ0v) is 11.4. The largest absolute Gasteiger partial charge is 0.330 e. The highest BCUT2D eigenvalue weighted by molar-refractivity contribution is 5.22. The van der Waals surface area contributed by atoms with E-state index in [1.54, 1.807) is 0 Å². The van der Waals surface area contributed by atoms with Gasteiger partial charge in [-0.3, -0.25) is 0 Å². The summed E-state index contributed by atoms with van der Waals surface area (Å²) >= 11 is 0. The predicted molar refractivity (Wildman–Crippen MR) is 75.2 cm³/mol. The first-order valence-electron chi connectivity index (χ1n) is 6.56. The number of hydrogen-bond acceptors (Lipinski definition) is 2. The van der Waals surface area contributed by atoms with Gasteiger partial charge in [0.1, 0.15) is 0 Å². The van der Waals surface area contributed by atoms with E-state index in [-0.39, 0.29) is 0 Å². The molecule has 17 heavy (non-hydrogen) atoms. The van der Waals surface area contributed by atoms with Crippen LogP contribution in [0.25, 0.3) is 0 Å². The Morgan fingerprint density at radius 1 is 1.35 bits per heavy atom. The third kappa shape index (κ3) is 5.85. The molecule has 0 amide bonds. The van der Waals surface area contributed by atoms with E-state index in [0.717, 1.165) is 32.5 Å². The Hall–Kier alpha value is -0.860. The van der Waals surface area contributed by atoms with Gasteiger partial charge in [-0.25, -0.2) is 0 Å². The lowest BCUT2D eigenvalue weighted by Crippen LogP contribution is -2.27. The van der Waals surface area contributed by atoms with Crippen LogP contribution in [-0.2, 0) is 6.42 Å². The molecule has 1 atom stereocenters. The van der Waals surface area contributed by atoms with Crippen LogP contribution >= 0.6 is 0 Å². The van der Waals surface area contributed by atoms with Gasteiger partial charge in [-0.2, -0.15) is 0 Å². The van der Waals surface area contributed by atoms with Crippen molar-refractivity contribution in [2.24, 2.45) is 11.7 Å². The summed E-state index contributed by atoms with van der Waals surface area (Å²) in [6.45, 7) is 7.49. The summed E-state index contributed by atoms with van der Waals surface area (Å²) in [7, 11) is 2.20. The van der Waals surface area contributed by atoms with Crippen LogP contribution in [0.15, 0.2) is 24.3 Å². The minimum absolute atomic E-state index is 0.697. The molecule has 0 aromatic heterocycles. The Kier molecular flexibility index (Phi) is 6.23. The maximum Gasteiger partial charge on any atom is 0.00189 e. The molecule has 0 heterocycles. The fraction of sp³-hybridized carbons (Fsp3) is 0.600. The number of hydrogen-bond donors (Lipinski definition) is 1. The number of nitrogens with two attached hydrogens (primary N) is 1. The molecular formula is C15H26N2. The molecule has 96 valence electrons. The number of likely N-dealkylation sites (N-methyl/N-ethyl adjacent to an activating group) is 1. The smallest absolute Gasteiger partial charge is 0.00189 e. The Labute approximate surface area is 106 Å². The van der Waals surface area contributed by atoms with E-state index in [1.807, 2.05) is 0 Å². The first-order chi connectivity index (χ1) is 8.11. The fourth-order valence-electron chi connectivity index (χ4n) is 2.19. The van der Waals surface area contributed by atoms with Gasteiger partial charge in [0.15, 0.2) is 0 Å². The van der Waals surface area contributed by atoms with E-state index in [2.05, 4.69) is 50.1 Å². The molecule has 0 fully saturated rings. The quantitative estimate of drug-likeness (QED) is 0.785. The molecule has 0 radical (unpaired) electrons. The summed E-state index contributed by atoms with van der Waals surface area (Å²) in [6, 6.07) is 8.78. The van der Waals surface area contributed by atoms with Crippen molar-refractivity contribution in [1.82, 2.24) is 4.90 Å². The van der Waals surface area contributed by atoms with Gasteiger partial charge >= 0.3 is 0 Å². The topological polar surface area (TPSA) is 29.3 Å². The van der Waals surface area contributed by atoms with E-state index < -0.39 is 0 Å². The van der Waals surface area contributed by atoms with Gasteiger partial charge in [-0.05, 0) is 44.8 Å². The van der Waals surface area contributed by atoms with Crippen molar-refractivity contribution >= 4 is 0 Å². The summed E-state index contributed by atoms with van der Waals surface area (Å²) < 4.78 is 0. The highest BCUT2D eigenvalue weighted by atomic mass is 15.1. The molecule has 1 unspecified atom stereocenters. The Balaban J connectivity index is 2.30. The molecular weight excluding hydrogens is 208 g/mol. The molecule has 2 heteroatoms. The zero-order valence-electron chi connectivity index (χ0n) is 11.4.